The van der Waals surface area contributed by atoms with Crippen LogP contribution >= 0.6 is 11.3 Å². The van der Waals surface area contributed by atoms with Crippen LogP contribution in [0.5, 0.6) is 0 Å². The Hall–Kier alpha value is -3.19. The average Bonchev–Trinajstić information content (AvgIpc) is 3.00. The van der Waals surface area contributed by atoms with E-state index in [9.17, 15) is 14.7 Å². The molecule has 2 aromatic heterocycles. The number of nitrogens with zero attached hydrogens (tertiary/aromatic N) is 2. The predicted octanol–water partition coefficient (Wildman–Crippen LogP) is 4.39. The third kappa shape index (κ3) is 3.98. The van der Waals surface area contributed by atoms with Gasteiger partial charge in [-0.25, -0.2) is 4.79 Å². The van der Waals surface area contributed by atoms with Crippen molar-refractivity contribution in [2.75, 3.05) is 19.4 Å². The normalized spacial score (nSPS) is 11.4. The van der Waals surface area contributed by atoms with E-state index in [0.29, 0.717) is 22.5 Å². The fraction of sp³-hybridized carbons (Fsp3) is 0.150. The molecule has 7 heteroatoms. The van der Waals surface area contributed by atoms with Crippen molar-refractivity contribution in [3.63, 3.8) is 0 Å². The maximum atomic E-state index is 12.4. The van der Waals surface area contributed by atoms with Crippen LogP contribution < -0.4 is 5.32 Å². The summed E-state index contributed by atoms with van der Waals surface area (Å²) < 4.78 is 0.800. The van der Waals surface area contributed by atoms with Gasteiger partial charge in [-0.15, -0.1) is 11.3 Å². The lowest BCUT2D eigenvalue weighted by atomic mass is 10.0. The fourth-order valence-corrected chi connectivity index (χ4v) is 3.71. The topological polar surface area (TPSA) is 82.5 Å². The number of benzene rings is 1. The highest BCUT2D eigenvalue weighted by molar-refractivity contribution is 7.21. The average molecular weight is 381 g/mol. The Balaban J connectivity index is 1.90. The number of allylic oxidation sites excluding steroid dienone is 1. The molecular weight excluding hydrogens is 362 g/mol. The lowest BCUT2D eigenvalue weighted by Gasteiger charge is -2.10. The lowest BCUT2D eigenvalue weighted by Crippen LogP contribution is -2.08. The molecule has 0 radical (unpaired) electrons. The first-order valence-corrected chi connectivity index (χ1v) is 9.05. The number of anilines is 2. The molecule has 0 saturated carbocycles. The van der Waals surface area contributed by atoms with Gasteiger partial charge in [-0.05, 0) is 37.3 Å². The largest absolute Gasteiger partial charge is 0.477 e. The Labute approximate surface area is 160 Å². The Morgan fingerprint density at radius 3 is 2.52 bits per heavy atom. The minimum absolute atomic E-state index is 0.0477. The highest BCUT2D eigenvalue weighted by Crippen LogP contribution is 2.37. The molecule has 0 bridgehead atoms. The van der Waals surface area contributed by atoms with Gasteiger partial charge < -0.3 is 15.3 Å². The van der Waals surface area contributed by atoms with E-state index in [1.54, 1.807) is 55.8 Å². The molecule has 138 valence electrons. The second-order valence-electron chi connectivity index (χ2n) is 6.29. The molecule has 0 fully saturated rings. The second kappa shape index (κ2) is 7.59. The van der Waals surface area contributed by atoms with Gasteiger partial charge in [-0.3, -0.25) is 9.78 Å². The van der Waals surface area contributed by atoms with Gasteiger partial charge in [0.1, 0.15) is 4.88 Å². The van der Waals surface area contributed by atoms with Crippen molar-refractivity contribution in [1.82, 2.24) is 9.88 Å². The summed E-state index contributed by atoms with van der Waals surface area (Å²) in [6.45, 7) is 1.78. The number of nitrogens with one attached hydrogen (secondary N) is 1. The quantitative estimate of drug-likeness (QED) is 0.487. The molecule has 0 spiro atoms. The zero-order valence-corrected chi connectivity index (χ0v) is 16.0. The van der Waals surface area contributed by atoms with Crippen molar-refractivity contribution in [2.24, 2.45) is 0 Å². The molecule has 0 atom stereocenters. The summed E-state index contributed by atoms with van der Waals surface area (Å²) in [5.74, 6) is -1.04. The summed E-state index contributed by atoms with van der Waals surface area (Å²) in [4.78, 5) is 30.1. The summed E-state index contributed by atoms with van der Waals surface area (Å²) in [5, 5.41) is 13.5. The number of carbonyl (C=O) groups excluding carboxylic acids is 1. The number of Topliss-reactive ketones (excluding diaryl/α,β-unsaturated/α-hetero) is 1. The van der Waals surface area contributed by atoms with Crippen LogP contribution in [0.1, 0.15) is 27.0 Å². The number of carboxylic acids is 1. The summed E-state index contributed by atoms with van der Waals surface area (Å²) in [5.41, 5.74) is 2.46. The molecule has 6 nitrogen and oxygen atoms in total. The van der Waals surface area contributed by atoms with Crippen molar-refractivity contribution in [2.45, 2.75) is 6.92 Å². The van der Waals surface area contributed by atoms with Crippen LogP contribution in [0.25, 0.3) is 10.1 Å². The lowest BCUT2D eigenvalue weighted by molar-refractivity contribution is 0.0703. The second-order valence-corrected chi connectivity index (χ2v) is 7.34. The highest BCUT2D eigenvalue weighted by Gasteiger charge is 2.18. The highest BCUT2D eigenvalue weighted by atomic mass is 32.1. The van der Waals surface area contributed by atoms with Gasteiger partial charge in [0.2, 0.25) is 0 Å². The van der Waals surface area contributed by atoms with Crippen molar-refractivity contribution in [3.8, 4) is 0 Å². The van der Waals surface area contributed by atoms with Crippen LogP contribution in [0.15, 0.2) is 54.5 Å². The van der Waals surface area contributed by atoms with E-state index in [4.69, 9.17) is 0 Å². The summed E-state index contributed by atoms with van der Waals surface area (Å²) in [6.07, 6.45) is 5.06. The first-order valence-electron chi connectivity index (χ1n) is 8.23. The smallest absolute Gasteiger partial charge is 0.348 e. The fourth-order valence-electron chi connectivity index (χ4n) is 2.75. The van der Waals surface area contributed by atoms with Gasteiger partial charge in [-0.2, -0.15) is 0 Å². The number of carbonyl (C=O) groups is 2. The van der Waals surface area contributed by atoms with Crippen LogP contribution in [0, 0.1) is 0 Å². The number of ketones is 1. The summed E-state index contributed by atoms with van der Waals surface area (Å²) in [7, 11) is 3.73. The molecule has 2 heterocycles. The van der Waals surface area contributed by atoms with E-state index in [0.717, 1.165) is 10.1 Å². The zero-order chi connectivity index (χ0) is 19.6. The number of aromatic nitrogens is 1. The molecule has 0 aliphatic heterocycles. The number of fused-ring (bicyclic) bond motifs is 1. The maximum absolute atomic E-state index is 12.4. The molecule has 2 N–H and O–H groups in total. The van der Waals surface area contributed by atoms with Gasteiger partial charge in [0.15, 0.2) is 5.78 Å². The molecule has 3 rings (SSSR count). The first-order chi connectivity index (χ1) is 12.9. The minimum atomic E-state index is -0.991. The van der Waals surface area contributed by atoms with E-state index >= 15 is 0 Å². The van der Waals surface area contributed by atoms with E-state index < -0.39 is 5.97 Å². The number of rotatable bonds is 6. The van der Waals surface area contributed by atoms with Gasteiger partial charge in [0.25, 0.3) is 0 Å². The van der Waals surface area contributed by atoms with Gasteiger partial charge in [-0.1, -0.05) is 0 Å². The number of carboxylic acid groups (broad SMARTS) is 1. The van der Waals surface area contributed by atoms with E-state index in [2.05, 4.69) is 10.3 Å². The van der Waals surface area contributed by atoms with Crippen molar-refractivity contribution < 1.29 is 14.7 Å². The van der Waals surface area contributed by atoms with Crippen LogP contribution in [0.4, 0.5) is 11.4 Å². The van der Waals surface area contributed by atoms with Gasteiger partial charge >= 0.3 is 5.97 Å². The van der Waals surface area contributed by atoms with Crippen molar-refractivity contribution >= 4 is 44.6 Å². The Bertz CT molecular complexity index is 1040. The molecule has 27 heavy (non-hydrogen) atoms. The molecular formula is C20H19N3O3S. The predicted molar refractivity (Wildman–Crippen MR) is 108 cm³/mol. The molecule has 0 amide bonds. The number of hydrogen-bond donors (Lipinski definition) is 2. The maximum Gasteiger partial charge on any atom is 0.348 e. The van der Waals surface area contributed by atoms with Gasteiger partial charge in [0.05, 0.1) is 10.4 Å². The molecule has 1 aromatic carbocycles. The first kappa shape index (κ1) is 18.6. The molecule has 0 unspecified atom stereocenters. The summed E-state index contributed by atoms with van der Waals surface area (Å²) >= 11 is 1.18. The van der Waals surface area contributed by atoms with E-state index in [1.165, 1.54) is 11.3 Å². The number of thiophene rings is 1. The molecule has 0 saturated heterocycles. The van der Waals surface area contributed by atoms with Gasteiger partial charge in [0, 0.05) is 54.9 Å². The third-order valence-corrected chi connectivity index (χ3v) is 5.04. The van der Waals surface area contributed by atoms with Crippen LogP contribution in [0.3, 0.4) is 0 Å². The van der Waals surface area contributed by atoms with E-state index in [1.807, 2.05) is 19.0 Å². The summed E-state index contributed by atoms with van der Waals surface area (Å²) in [6, 6.07) is 8.79. The third-order valence-electron chi connectivity index (χ3n) is 3.91. The van der Waals surface area contributed by atoms with Crippen LogP contribution in [-0.4, -0.2) is 40.8 Å². The standard InChI is InChI=1S/C20H19N3O3S/c1-12(11-23(2)3)18(24)13-4-6-14(7-5-13)22-17-15-8-9-21-10-16(15)27-19(17)20(25)26/h4-11,22H,1-3H3,(H,25,26). The van der Waals surface area contributed by atoms with E-state index in [-0.39, 0.29) is 10.7 Å². The molecule has 3 aromatic rings. The number of hydrogen-bond acceptors (Lipinski definition) is 6. The zero-order valence-electron chi connectivity index (χ0n) is 15.2. The Kier molecular flexibility index (Phi) is 5.23. The molecule has 0 aliphatic carbocycles. The van der Waals surface area contributed by atoms with Crippen molar-refractivity contribution in [3.05, 3.63) is 64.9 Å². The Morgan fingerprint density at radius 2 is 1.89 bits per heavy atom. The van der Waals surface area contributed by atoms with Crippen LogP contribution in [-0.2, 0) is 0 Å². The molecule has 0 aliphatic rings. The minimum Gasteiger partial charge on any atom is -0.477 e. The Morgan fingerprint density at radius 1 is 1.19 bits per heavy atom. The monoisotopic (exact) mass is 381 g/mol. The van der Waals surface area contributed by atoms with Crippen LogP contribution in [0.2, 0.25) is 0 Å². The van der Waals surface area contributed by atoms with Crippen molar-refractivity contribution in [1.29, 1.82) is 0 Å². The SMILES string of the molecule is CC(=CN(C)C)C(=O)c1ccc(Nc2c(C(=O)O)sc3cnccc23)cc1. The number of pyridine rings is 1. The number of aromatic carboxylic acids is 1.